The summed E-state index contributed by atoms with van der Waals surface area (Å²) in [6, 6.07) is 0. The molecule has 0 aromatic carbocycles. The SMILES string of the molecule is C.CCP(C)OC.CCP(C)OC. The molecule has 4 heteroatoms. The Bertz CT molecular complexity index is 64.0. The molecule has 0 saturated carbocycles. The molecule has 0 saturated heterocycles. The molecule has 0 amide bonds. The molecule has 0 radical (unpaired) electrons. The highest BCUT2D eigenvalue weighted by atomic mass is 31.1. The molecular formula is C9H26O2P2. The van der Waals surface area contributed by atoms with Gasteiger partial charge in [0.15, 0.2) is 0 Å². The van der Waals surface area contributed by atoms with Gasteiger partial charge < -0.3 is 9.05 Å². The summed E-state index contributed by atoms with van der Waals surface area (Å²) in [4.78, 5) is 0. The molecule has 0 aliphatic rings. The highest BCUT2D eigenvalue weighted by Gasteiger charge is 1.88. The van der Waals surface area contributed by atoms with Gasteiger partial charge in [0, 0.05) is 30.5 Å². The van der Waals surface area contributed by atoms with Crippen LogP contribution >= 0.6 is 16.3 Å². The first-order chi connectivity index (χ1) is 5.62. The van der Waals surface area contributed by atoms with E-state index in [-0.39, 0.29) is 23.7 Å². The third kappa shape index (κ3) is 19.3. The predicted molar refractivity (Wildman–Crippen MR) is 67.5 cm³/mol. The summed E-state index contributed by atoms with van der Waals surface area (Å²) in [7, 11) is 3.37. The summed E-state index contributed by atoms with van der Waals surface area (Å²) in [5, 5.41) is 0. The molecule has 0 aliphatic heterocycles. The maximum Gasteiger partial charge on any atom is 0.0398 e. The second kappa shape index (κ2) is 15.3. The van der Waals surface area contributed by atoms with E-state index in [0.29, 0.717) is 0 Å². The van der Waals surface area contributed by atoms with Gasteiger partial charge in [-0.2, -0.15) is 0 Å². The van der Waals surface area contributed by atoms with Crippen molar-refractivity contribution in [3.05, 3.63) is 0 Å². The van der Waals surface area contributed by atoms with Crippen LogP contribution in [0, 0.1) is 0 Å². The summed E-state index contributed by atoms with van der Waals surface area (Å²) in [5.41, 5.74) is 0. The Balaban J connectivity index is -0.000000143. The highest BCUT2D eigenvalue weighted by Crippen LogP contribution is 2.28. The minimum atomic E-state index is -0.0761. The van der Waals surface area contributed by atoms with Crippen LogP contribution < -0.4 is 0 Å². The van der Waals surface area contributed by atoms with E-state index in [1.165, 1.54) is 12.3 Å². The van der Waals surface area contributed by atoms with Crippen LogP contribution in [0.1, 0.15) is 21.3 Å². The smallest absolute Gasteiger partial charge is 0.0398 e. The van der Waals surface area contributed by atoms with Crippen LogP contribution in [-0.2, 0) is 9.05 Å². The zero-order valence-corrected chi connectivity index (χ0v) is 10.9. The summed E-state index contributed by atoms with van der Waals surface area (Å²) < 4.78 is 9.93. The Morgan fingerprint density at radius 1 is 0.846 bits per heavy atom. The van der Waals surface area contributed by atoms with E-state index in [4.69, 9.17) is 9.05 Å². The molecule has 0 heterocycles. The second-order valence-corrected chi connectivity index (χ2v) is 6.76. The molecule has 2 nitrogen and oxygen atoms in total. The zero-order chi connectivity index (χ0) is 9.98. The molecule has 2 atom stereocenters. The van der Waals surface area contributed by atoms with Crippen molar-refractivity contribution < 1.29 is 9.05 Å². The van der Waals surface area contributed by atoms with Gasteiger partial charge in [-0.25, -0.2) is 0 Å². The van der Waals surface area contributed by atoms with Crippen LogP contribution in [-0.4, -0.2) is 39.9 Å². The van der Waals surface area contributed by atoms with Gasteiger partial charge in [-0.15, -0.1) is 0 Å². The van der Waals surface area contributed by atoms with Gasteiger partial charge in [-0.3, -0.25) is 0 Å². The molecule has 2 unspecified atom stereocenters. The van der Waals surface area contributed by atoms with Crippen molar-refractivity contribution in [2.24, 2.45) is 0 Å². The molecular weight excluding hydrogens is 202 g/mol. The lowest BCUT2D eigenvalue weighted by molar-refractivity contribution is 0.465. The first-order valence-electron chi connectivity index (χ1n) is 4.12. The summed E-state index contributed by atoms with van der Waals surface area (Å²) in [6.07, 6.45) is 2.34. The zero-order valence-electron chi connectivity index (χ0n) is 9.13. The standard InChI is InChI=1S/2C4H11OP.CH4/c2*1-4-6(3)5-2;/h2*4H2,1-3H3;1H4. The normalized spacial score (nSPS) is 13.4. The summed E-state index contributed by atoms with van der Waals surface area (Å²) in [5.74, 6) is 0. The van der Waals surface area contributed by atoms with Gasteiger partial charge in [0.25, 0.3) is 0 Å². The average Bonchev–Trinajstić information content (AvgIpc) is 2.16. The minimum absolute atomic E-state index is 0. The maximum atomic E-state index is 4.96. The van der Waals surface area contributed by atoms with E-state index in [1.807, 2.05) is 0 Å². The van der Waals surface area contributed by atoms with Gasteiger partial charge in [0.05, 0.1) is 0 Å². The number of rotatable bonds is 4. The fraction of sp³-hybridized carbons (Fsp3) is 1.00. The lowest BCUT2D eigenvalue weighted by Crippen LogP contribution is -1.74. The van der Waals surface area contributed by atoms with E-state index in [0.717, 1.165) is 0 Å². The van der Waals surface area contributed by atoms with Gasteiger partial charge >= 0.3 is 0 Å². The third-order valence-electron chi connectivity index (χ3n) is 1.51. The second-order valence-electron chi connectivity index (χ2n) is 2.25. The molecule has 0 fully saturated rings. The average molecular weight is 228 g/mol. The minimum Gasteiger partial charge on any atom is -0.363 e. The summed E-state index contributed by atoms with van der Waals surface area (Å²) >= 11 is 0. The third-order valence-corrected chi connectivity index (χ3v) is 4.54. The van der Waals surface area contributed by atoms with Crippen molar-refractivity contribution >= 4 is 16.3 Å². The Morgan fingerprint density at radius 3 is 1.08 bits per heavy atom. The quantitative estimate of drug-likeness (QED) is 0.677. The molecule has 0 aromatic rings. The van der Waals surface area contributed by atoms with Crippen LogP contribution in [0.15, 0.2) is 0 Å². The van der Waals surface area contributed by atoms with E-state index in [2.05, 4.69) is 27.2 Å². The van der Waals surface area contributed by atoms with E-state index < -0.39 is 0 Å². The molecule has 0 aliphatic carbocycles. The Kier molecular flexibility index (Phi) is 22.7. The fourth-order valence-electron chi connectivity index (χ4n) is 0.258. The Labute approximate surface area is 87.1 Å². The molecule has 0 bridgehead atoms. The monoisotopic (exact) mass is 228 g/mol. The molecule has 84 valence electrons. The topological polar surface area (TPSA) is 18.5 Å². The molecule has 0 aromatic heterocycles. The predicted octanol–water partition coefficient (Wildman–Crippen LogP) is 3.99. The lowest BCUT2D eigenvalue weighted by atomic mass is 11.0. The summed E-state index contributed by atoms with van der Waals surface area (Å²) in [6.45, 7) is 8.51. The van der Waals surface area contributed by atoms with Gasteiger partial charge in [0.2, 0.25) is 0 Å². The molecule has 0 N–H and O–H groups in total. The lowest BCUT2D eigenvalue weighted by Gasteiger charge is -2.01. The maximum absolute atomic E-state index is 4.96. The van der Waals surface area contributed by atoms with E-state index in [1.54, 1.807) is 14.2 Å². The van der Waals surface area contributed by atoms with Crippen molar-refractivity contribution in [2.45, 2.75) is 21.3 Å². The number of hydrogen-bond donors (Lipinski definition) is 0. The van der Waals surface area contributed by atoms with Crippen LogP contribution in [0.5, 0.6) is 0 Å². The van der Waals surface area contributed by atoms with Crippen molar-refractivity contribution in [1.82, 2.24) is 0 Å². The van der Waals surface area contributed by atoms with Crippen molar-refractivity contribution in [2.75, 3.05) is 39.9 Å². The first kappa shape index (κ1) is 19.4. The Morgan fingerprint density at radius 2 is 1.08 bits per heavy atom. The van der Waals surface area contributed by atoms with Crippen molar-refractivity contribution in [1.29, 1.82) is 0 Å². The van der Waals surface area contributed by atoms with Crippen LogP contribution in [0.25, 0.3) is 0 Å². The molecule has 0 rings (SSSR count). The van der Waals surface area contributed by atoms with Gasteiger partial charge in [-0.05, 0) is 25.7 Å². The molecule has 0 spiro atoms. The largest absolute Gasteiger partial charge is 0.363 e. The van der Waals surface area contributed by atoms with Crippen molar-refractivity contribution in [3.63, 3.8) is 0 Å². The molecule has 13 heavy (non-hydrogen) atoms. The fourth-order valence-corrected chi connectivity index (χ4v) is 0.775. The van der Waals surface area contributed by atoms with Gasteiger partial charge in [-0.1, -0.05) is 21.3 Å². The number of hydrogen-bond acceptors (Lipinski definition) is 2. The van der Waals surface area contributed by atoms with Crippen LogP contribution in [0.4, 0.5) is 0 Å². The first-order valence-corrected chi connectivity index (χ1v) is 7.91. The highest BCUT2D eigenvalue weighted by molar-refractivity contribution is 7.51. The van der Waals surface area contributed by atoms with E-state index >= 15 is 0 Å². The van der Waals surface area contributed by atoms with Gasteiger partial charge in [0.1, 0.15) is 0 Å². The Hall–Kier alpha value is 0.780. The van der Waals surface area contributed by atoms with Crippen LogP contribution in [0.2, 0.25) is 0 Å². The van der Waals surface area contributed by atoms with Crippen molar-refractivity contribution in [3.8, 4) is 0 Å². The van der Waals surface area contributed by atoms with Crippen LogP contribution in [0.3, 0.4) is 0 Å². The van der Waals surface area contributed by atoms with E-state index in [9.17, 15) is 0 Å².